The van der Waals surface area contributed by atoms with Crippen LogP contribution in [0.15, 0.2) is 62.1 Å². The molecular formula is C23H22N8O8S2. The van der Waals surface area contributed by atoms with Gasteiger partial charge in [-0.25, -0.2) is 4.98 Å². The number of amides is 1. The summed E-state index contributed by atoms with van der Waals surface area (Å²) < 4.78 is 69.2. The predicted molar refractivity (Wildman–Crippen MR) is 143 cm³/mol. The van der Waals surface area contributed by atoms with Gasteiger partial charge in [0.15, 0.2) is 17.1 Å². The lowest BCUT2D eigenvalue weighted by atomic mass is 9.91. The first-order valence-electron chi connectivity index (χ1n) is 11.7. The number of aromatic nitrogens is 5. The molecule has 0 unspecified atom stereocenters. The number of H-pyrrole nitrogens is 1. The van der Waals surface area contributed by atoms with Crippen LogP contribution in [-0.2, 0) is 25.7 Å². The van der Waals surface area contributed by atoms with Crippen molar-refractivity contribution < 1.29 is 35.3 Å². The second kappa shape index (κ2) is 9.84. The fourth-order valence-corrected chi connectivity index (χ4v) is 4.63. The van der Waals surface area contributed by atoms with E-state index in [1.165, 1.54) is 28.9 Å². The molecule has 0 aliphatic carbocycles. The van der Waals surface area contributed by atoms with Gasteiger partial charge in [0.05, 0.1) is 16.0 Å². The summed E-state index contributed by atoms with van der Waals surface area (Å²) in [6, 6.07) is 9.76. The van der Waals surface area contributed by atoms with Crippen molar-refractivity contribution in [2.75, 3.05) is 5.88 Å². The van der Waals surface area contributed by atoms with Crippen LogP contribution in [0.3, 0.4) is 0 Å². The first-order chi connectivity index (χ1) is 19.1. The molecule has 0 bridgehead atoms. The third kappa shape index (κ3) is 5.85. The van der Waals surface area contributed by atoms with E-state index in [4.69, 9.17) is 9.08 Å². The number of rotatable bonds is 7. The smallest absolute Gasteiger partial charge is 0.294 e. The molecule has 5 rings (SSSR count). The second-order valence-electron chi connectivity index (χ2n) is 9.90. The highest BCUT2D eigenvalue weighted by molar-refractivity contribution is 7.86. The van der Waals surface area contributed by atoms with Crippen molar-refractivity contribution >= 4 is 54.3 Å². The Kier molecular flexibility index (Phi) is 6.72. The maximum absolute atomic E-state index is 12.1. The summed E-state index contributed by atoms with van der Waals surface area (Å²) in [5, 5.41) is 22.5. The van der Waals surface area contributed by atoms with Crippen molar-refractivity contribution in [3.63, 3.8) is 0 Å². The normalized spacial score (nSPS) is 13.0. The lowest BCUT2D eigenvalue weighted by Gasteiger charge is -2.16. The highest BCUT2D eigenvalue weighted by Gasteiger charge is 2.26. The highest BCUT2D eigenvalue weighted by Crippen LogP contribution is 2.36. The van der Waals surface area contributed by atoms with Crippen LogP contribution in [-0.4, -0.2) is 62.7 Å². The van der Waals surface area contributed by atoms with E-state index in [2.05, 4.69) is 35.9 Å². The van der Waals surface area contributed by atoms with Gasteiger partial charge in [-0.3, -0.25) is 19.0 Å². The number of carbonyl (C=O) groups is 1. The lowest BCUT2D eigenvalue weighted by Crippen LogP contribution is -2.29. The van der Waals surface area contributed by atoms with Crippen molar-refractivity contribution in [1.82, 2.24) is 30.3 Å². The molecule has 0 atom stereocenters. The molecule has 214 valence electrons. The summed E-state index contributed by atoms with van der Waals surface area (Å²) in [5.74, 6) is -1.23. The molecule has 3 aromatic heterocycles. The highest BCUT2D eigenvalue weighted by atomic mass is 32.2. The Morgan fingerprint density at radius 1 is 1.07 bits per heavy atom. The van der Waals surface area contributed by atoms with Crippen LogP contribution in [0.2, 0.25) is 0 Å². The molecule has 1 amide bonds. The summed E-state index contributed by atoms with van der Waals surface area (Å²) in [6.07, 6.45) is 0. The minimum absolute atomic E-state index is 0.0729. The Balaban J connectivity index is 1.48. The number of benzene rings is 2. The number of nitrogens with zero attached hydrogens (tertiary/aromatic N) is 6. The molecule has 3 heterocycles. The molecule has 41 heavy (non-hydrogen) atoms. The zero-order valence-electron chi connectivity index (χ0n) is 21.6. The molecule has 0 radical (unpaired) electrons. The number of hydrogen-bond acceptors (Lipinski definition) is 11. The van der Waals surface area contributed by atoms with Gasteiger partial charge >= 0.3 is 0 Å². The maximum atomic E-state index is 12.1. The SMILES string of the molecule is CC(C)(C)c1[nH]n2nc(-c3ccc(C(=O)NCS(=O)(=O)O)cc3)nc2c1N=Nc1noc2cc(S(=O)(=O)O)ccc12. The van der Waals surface area contributed by atoms with Crippen LogP contribution in [0.25, 0.3) is 28.0 Å². The van der Waals surface area contributed by atoms with Gasteiger partial charge < -0.3 is 9.84 Å². The number of nitrogens with one attached hydrogen (secondary N) is 2. The van der Waals surface area contributed by atoms with E-state index in [1.807, 2.05) is 20.8 Å². The summed E-state index contributed by atoms with van der Waals surface area (Å²) in [6.45, 7) is 5.85. The van der Waals surface area contributed by atoms with Gasteiger partial charge in [0, 0.05) is 22.6 Å². The Morgan fingerprint density at radius 2 is 1.78 bits per heavy atom. The standard InChI is InChI=1S/C23H22N8O8S2/c1-23(2,3)18-17(26-27-20-15-9-8-14(41(36,37)38)10-16(15)39-30-20)21-25-19(29-31(21)28-18)12-4-6-13(7-5-12)22(32)24-11-40(33,34)35/h4-10,28H,11H2,1-3H3,(H,24,32)(H,33,34,35)(H,36,37,38). The Bertz CT molecular complexity index is 2050. The van der Waals surface area contributed by atoms with Gasteiger partial charge in [0.25, 0.3) is 26.1 Å². The minimum atomic E-state index is -4.43. The van der Waals surface area contributed by atoms with Crippen LogP contribution < -0.4 is 5.32 Å². The third-order valence-corrected chi connectivity index (χ3v) is 7.17. The van der Waals surface area contributed by atoms with E-state index >= 15 is 0 Å². The Morgan fingerprint density at radius 3 is 2.41 bits per heavy atom. The molecule has 0 aliphatic rings. The third-order valence-electron chi connectivity index (χ3n) is 5.81. The molecule has 0 saturated heterocycles. The minimum Gasteiger partial charge on any atom is -0.354 e. The van der Waals surface area contributed by atoms with Gasteiger partial charge in [-0.2, -0.15) is 21.5 Å². The fraction of sp³-hybridized carbons (Fsp3) is 0.217. The van der Waals surface area contributed by atoms with Crippen LogP contribution in [0, 0.1) is 0 Å². The predicted octanol–water partition coefficient (Wildman–Crippen LogP) is 3.40. The molecule has 0 aliphatic heterocycles. The molecule has 4 N–H and O–H groups in total. The zero-order chi connectivity index (χ0) is 29.7. The summed E-state index contributed by atoms with van der Waals surface area (Å²) >= 11 is 0. The molecule has 0 saturated carbocycles. The summed E-state index contributed by atoms with van der Waals surface area (Å²) in [5.41, 5.74) is 1.73. The van der Waals surface area contributed by atoms with E-state index in [0.717, 1.165) is 6.07 Å². The van der Waals surface area contributed by atoms with Crippen molar-refractivity contribution in [3.8, 4) is 11.4 Å². The van der Waals surface area contributed by atoms with Gasteiger partial charge in [-0.1, -0.05) is 38.1 Å². The lowest BCUT2D eigenvalue weighted by molar-refractivity contribution is 0.0959. The molecular weight excluding hydrogens is 580 g/mol. The van der Waals surface area contributed by atoms with E-state index in [1.54, 1.807) is 12.1 Å². The van der Waals surface area contributed by atoms with Gasteiger partial charge in [0.1, 0.15) is 5.88 Å². The van der Waals surface area contributed by atoms with Crippen LogP contribution in [0.1, 0.15) is 36.8 Å². The Labute approximate surface area is 232 Å². The maximum Gasteiger partial charge on any atom is 0.294 e. The van der Waals surface area contributed by atoms with E-state index in [9.17, 15) is 26.2 Å². The first-order valence-corrected chi connectivity index (χ1v) is 14.8. The molecule has 0 spiro atoms. The zero-order valence-corrected chi connectivity index (χ0v) is 23.2. The summed E-state index contributed by atoms with van der Waals surface area (Å²) in [7, 11) is -8.79. The number of fused-ring (bicyclic) bond motifs is 2. The van der Waals surface area contributed by atoms with Crippen molar-refractivity contribution in [1.29, 1.82) is 0 Å². The molecule has 18 heteroatoms. The molecule has 0 fully saturated rings. The average molecular weight is 603 g/mol. The quantitative estimate of drug-likeness (QED) is 0.156. The van der Waals surface area contributed by atoms with Crippen LogP contribution >= 0.6 is 0 Å². The van der Waals surface area contributed by atoms with E-state index in [-0.39, 0.29) is 21.9 Å². The topological polar surface area (TPSA) is 235 Å². The number of azo groups is 1. The van der Waals surface area contributed by atoms with Crippen molar-refractivity contribution in [2.45, 2.75) is 31.1 Å². The fourth-order valence-electron chi connectivity index (χ4n) is 3.82. The van der Waals surface area contributed by atoms with E-state index in [0.29, 0.717) is 33.8 Å². The molecule has 16 nitrogen and oxygen atoms in total. The van der Waals surface area contributed by atoms with Crippen molar-refractivity contribution in [3.05, 3.63) is 53.7 Å². The van der Waals surface area contributed by atoms with Gasteiger partial charge in [-0.05, 0) is 24.3 Å². The average Bonchev–Trinajstić information content (AvgIpc) is 3.57. The van der Waals surface area contributed by atoms with Gasteiger partial charge in [-0.15, -0.1) is 15.3 Å². The number of hydrogen-bond donors (Lipinski definition) is 4. The first kappa shape index (κ1) is 28.0. The Hall–Kier alpha value is -4.52. The second-order valence-corrected chi connectivity index (χ2v) is 12.8. The largest absolute Gasteiger partial charge is 0.354 e. The molecule has 2 aromatic carbocycles. The molecule has 5 aromatic rings. The van der Waals surface area contributed by atoms with E-state index < -0.39 is 37.4 Å². The van der Waals surface area contributed by atoms with Crippen LogP contribution in [0.4, 0.5) is 11.5 Å². The summed E-state index contributed by atoms with van der Waals surface area (Å²) in [4.78, 5) is 16.4. The van der Waals surface area contributed by atoms with Crippen molar-refractivity contribution in [2.24, 2.45) is 10.2 Å². The van der Waals surface area contributed by atoms with Crippen LogP contribution in [0.5, 0.6) is 0 Å². The van der Waals surface area contributed by atoms with Gasteiger partial charge in [0.2, 0.25) is 11.5 Å². The monoisotopic (exact) mass is 602 g/mol. The number of carbonyl (C=O) groups excluding carboxylic acids is 1. The number of aromatic amines is 1.